The van der Waals surface area contributed by atoms with E-state index in [1.165, 1.54) is 0 Å². The van der Waals surface area contributed by atoms with Gasteiger partial charge in [-0.15, -0.1) is 0 Å². The summed E-state index contributed by atoms with van der Waals surface area (Å²) in [5.74, 6) is -1.01. The Hall–Kier alpha value is 1.70. The van der Waals surface area contributed by atoms with E-state index in [1.54, 1.807) is 6.08 Å². The van der Waals surface area contributed by atoms with Gasteiger partial charge in [0, 0.05) is 0 Å². The van der Waals surface area contributed by atoms with Crippen molar-refractivity contribution in [2.45, 2.75) is 0 Å². The SMILES string of the molecule is B#S(P)(I)B=B. The third-order valence-corrected chi connectivity index (χ3v) is 2.42. The molecule has 6 heavy (non-hydrogen) atoms. The van der Waals surface area contributed by atoms with Gasteiger partial charge in [-0.1, -0.05) is 0 Å². The Morgan fingerprint density at radius 3 is 2.17 bits per heavy atom. The van der Waals surface area contributed by atoms with E-state index in [9.17, 15) is 0 Å². The van der Waals surface area contributed by atoms with Crippen LogP contribution in [0.5, 0.6) is 0 Å². The molecule has 0 aliphatic carbocycles. The summed E-state index contributed by atoms with van der Waals surface area (Å²) in [6.45, 7) is 5.45. The maximum atomic E-state index is 5.45. The molecule has 2 unspecified atom stereocenters. The molecular weight excluding hydrogens is 222 g/mol. The van der Waals surface area contributed by atoms with E-state index >= 15 is 0 Å². The normalized spacial score (nSPS) is 18.5. The first kappa shape index (κ1) is 7.70. The van der Waals surface area contributed by atoms with Crippen LogP contribution in [-0.4, -0.2) is 20.0 Å². The average Bonchev–Trinajstić information content (AvgIpc) is 1.35. The Labute approximate surface area is 55.3 Å². The molecule has 0 aromatic rings. The molecule has 0 spiro atoms. The Morgan fingerprint density at radius 1 is 2.00 bits per heavy atom. The van der Waals surface area contributed by atoms with Crippen molar-refractivity contribution in [3.8, 4) is 0 Å². The topological polar surface area (TPSA) is 0 Å². The first-order valence-corrected chi connectivity index (χ1v) is 7.05. The fourth-order valence-corrected chi connectivity index (χ4v) is 0. The summed E-state index contributed by atoms with van der Waals surface area (Å²) in [6.07, 6.45) is 1.75. The molecule has 0 saturated carbocycles. The summed E-state index contributed by atoms with van der Waals surface area (Å²) in [7, 11) is 6.04. The minimum atomic E-state index is -1.01. The van der Waals surface area contributed by atoms with Crippen molar-refractivity contribution in [3.63, 3.8) is 0 Å². The molecule has 0 aliphatic rings. The van der Waals surface area contributed by atoms with Gasteiger partial charge in [0.05, 0.1) is 0 Å². The van der Waals surface area contributed by atoms with Gasteiger partial charge in [-0.25, -0.2) is 0 Å². The van der Waals surface area contributed by atoms with Crippen LogP contribution >= 0.6 is 35.6 Å². The molecule has 6 heteroatoms. The summed E-state index contributed by atoms with van der Waals surface area (Å²) >= 11 is 2.15. The predicted molar refractivity (Wildman–Crippen MR) is 50.0 cm³/mol. The fourth-order valence-electron chi connectivity index (χ4n) is 0. The van der Waals surface area contributed by atoms with Crippen molar-refractivity contribution < 1.29 is 0 Å². The number of hydrogen-bond donors (Lipinski definition) is 0. The van der Waals surface area contributed by atoms with Gasteiger partial charge in [-0.3, -0.25) is 0 Å². The summed E-state index contributed by atoms with van der Waals surface area (Å²) in [6, 6.07) is 0. The van der Waals surface area contributed by atoms with Crippen molar-refractivity contribution in [2.24, 2.45) is 0 Å². The molecule has 0 fully saturated rings. The van der Waals surface area contributed by atoms with Crippen LogP contribution in [0.3, 0.4) is 0 Å². The van der Waals surface area contributed by atoms with Gasteiger partial charge in [-0.05, 0) is 0 Å². The van der Waals surface area contributed by atoms with Crippen LogP contribution in [0.4, 0.5) is 0 Å². The Kier molecular flexibility index (Phi) is 3.70. The second kappa shape index (κ2) is 2.88. The zero-order chi connectivity index (χ0) is 5.21. The van der Waals surface area contributed by atoms with E-state index in [4.69, 9.17) is 6.53 Å². The fraction of sp³-hybridized carbons (Fsp3) is 0. The van der Waals surface area contributed by atoms with Crippen LogP contribution < -0.4 is 0 Å². The minimum absolute atomic E-state index is 1.01. The second-order valence-corrected chi connectivity index (χ2v) is 12.3. The standard InChI is InChI=1S/B3H3IPS/c1-3-6(2,4)5/h1H,5H2. The first-order chi connectivity index (χ1) is 2.56. The predicted octanol–water partition coefficient (Wildman–Crippen LogP) is 0.450. The quantitative estimate of drug-likeness (QED) is 0.319. The summed E-state index contributed by atoms with van der Waals surface area (Å²) in [4.78, 5) is 0. The molecule has 0 amide bonds. The zero-order valence-corrected chi connectivity index (χ0v) is 7.35. The molecule has 30 valence electrons. The zero-order valence-electron chi connectivity index (χ0n) is 3.23. The van der Waals surface area contributed by atoms with Crippen molar-refractivity contribution in [3.05, 3.63) is 0 Å². The number of rotatable bonds is 0. The Morgan fingerprint density at radius 2 is 2.17 bits per heavy atom. The summed E-state index contributed by atoms with van der Waals surface area (Å²) < 4.78 is 0. The summed E-state index contributed by atoms with van der Waals surface area (Å²) in [5, 5.41) is 0. The molecule has 2 atom stereocenters. The molecule has 0 aliphatic heterocycles. The monoisotopic (exact) mass is 226 g/mol. The first-order valence-electron chi connectivity index (χ1n) is 1.27. The number of hydrogen-bond acceptors (Lipinski definition) is 0. The van der Waals surface area contributed by atoms with Crippen molar-refractivity contribution in [1.29, 1.82) is 0 Å². The molecule has 0 bridgehead atoms. The molecule has 0 nitrogen and oxygen atoms in total. The van der Waals surface area contributed by atoms with Crippen LogP contribution in [-0.2, 0) is 0 Å². The Bertz CT molecular complexity index is 132. The molecule has 0 aromatic heterocycles. The van der Waals surface area contributed by atoms with Gasteiger partial charge in [0.2, 0.25) is 0 Å². The van der Waals surface area contributed by atoms with Gasteiger partial charge < -0.3 is 0 Å². The third kappa shape index (κ3) is 5.70. The van der Waals surface area contributed by atoms with E-state index in [0.717, 1.165) is 0 Å². The van der Waals surface area contributed by atoms with Gasteiger partial charge >= 0.3 is 55.5 Å². The molecule has 0 radical (unpaired) electrons. The van der Waals surface area contributed by atoms with Crippen LogP contribution in [0.15, 0.2) is 0 Å². The van der Waals surface area contributed by atoms with Crippen LogP contribution in [0.2, 0.25) is 0 Å². The van der Waals surface area contributed by atoms with Gasteiger partial charge in [0.25, 0.3) is 0 Å². The Balaban J connectivity index is 3.96. The summed E-state index contributed by atoms with van der Waals surface area (Å²) in [5.41, 5.74) is 0. The van der Waals surface area contributed by atoms with Crippen molar-refractivity contribution in [1.82, 2.24) is 0 Å². The molecular formula is H3B3IPS. The third-order valence-electron chi connectivity index (χ3n) is 0.255. The maximum absolute atomic E-state index is 5.45. The average molecular weight is 225 g/mol. The van der Waals surface area contributed by atoms with Crippen LogP contribution in [0.1, 0.15) is 0 Å². The molecule has 0 rings (SSSR count). The van der Waals surface area contributed by atoms with Gasteiger partial charge in [0.1, 0.15) is 0 Å². The van der Waals surface area contributed by atoms with Gasteiger partial charge in [-0.2, -0.15) is 0 Å². The molecule has 0 aromatic carbocycles. The van der Waals surface area contributed by atoms with Crippen LogP contribution in [0.25, 0.3) is 0 Å². The molecule has 0 saturated heterocycles. The van der Waals surface area contributed by atoms with E-state index in [2.05, 4.69) is 37.0 Å². The molecule has 0 heterocycles. The number of halogens is 1. The van der Waals surface area contributed by atoms with E-state index in [0.29, 0.717) is 0 Å². The van der Waals surface area contributed by atoms with E-state index in [-0.39, 0.29) is 0 Å². The van der Waals surface area contributed by atoms with Crippen molar-refractivity contribution >= 4 is 55.5 Å². The van der Waals surface area contributed by atoms with E-state index in [1.807, 2.05) is 0 Å². The molecule has 0 N–H and O–H groups in total. The van der Waals surface area contributed by atoms with Crippen molar-refractivity contribution in [2.75, 3.05) is 0 Å². The van der Waals surface area contributed by atoms with E-state index < -0.39 is 5.91 Å². The van der Waals surface area contributed by atoms with Crippen LogP contribution in [0, 0.1) is 0 Å². The second-order valence-electron chi connectivity index (χ2n) is 0.842. The van der Waals surface area contributed by atoms with Gasteiger partial charge in [0.15, 0.2) is 0 Å².